The maximum Gasteiger partial charge on any atom is 0.307 e. The lowest BCUT2D eigenvalue weighted by Gasteiger charge is -1.98. The third kappa shape index (κ3) is 1.91. The van der Waals surface area contributed by atoms with Gasteiger partial charge >= 0.3 is 5.97 Å². The van der Waals surface area contributed by atoms with Crippen LogP contribution in [0.4, 0.5) is 4.39 Å². The van der Waals surface area contributed by atoms with Gasteiger partial charge in [-0.15, -0.1) is 0 Å². The van der Waals surface area contributed by atoms with Gasteiger partial charge in [0.25, 0.3) is 0 Å². The Labute approximate surface area is 67.3 Å². The van der Waals surface area contributed by atoms with E-state index >= 15 is 0 Å². The summed E-state index contributed by atoms with van der Waals surface area (Å²) in [6.45, 7) is 0. The van der Waals surface area contributed by atoms with Crippen molar-refractivity contribution < 1.29 is 19.4 Å². The molecule has 0 saturated carbocycles. The summed E-state index contributed by atoms with van der Waals surface area (Å²) in [4.78, 5) is 13.3. The van der Waals surface area contributed by atoms with Crippen molar-refractivity contribution in [2.24, 2.45) is 0 Å². The van der Waals surface area contributed by atoms with E-state index in [9.17, 15) is 9.18 Å². The standard InChI is InChI=1S/C7H6FNO3/c8-7-4(2-6(11)12)1-5(10)3-9-7/h1,3,10H,2H2,(H,11,12). The number of aromatic nitrogens is 1. The summed E-state index contributed by atoms with van der Waals surface area (Å²) >= 11 is 0. The number of nitrogens with zero attached hydrogens (tertiary/aromatic N) is 1. The van der Waals surface area contributed by atoms with Crippen molar-refractivity contribution in [3.8, 4) is 5.75 Å². The lowest BCUT2D eigenvalue weighted by atomic mass is 10.2. The van der Waals surface area contributed by atoms with E-state index in [1.165, 1.54) is 0 Å². The molecule has 0 aromatic carbocycles. The molecule has 64 valence electrons. The molecule has 4 nitrogen and oxygen atoms in total. The van der Waals surface area contributed by atoms with E-state index < -0.39 is 18.3 Å². The molecule has 1 aromatic heterocycles. The molecule has 0 atom stereocenters. The van der Waals surface area contributed by atoms with Gasteiger partial charge in [0.15, 0.2) is 0 Å². The first-order valence-corrected chi connectivity index (χ1v) is 3.15. The Kier molecular flexibility index (Phi) is 2.23. The number of aromatic hydroxyl groups is 1. The van der Waals surface area contributed by atoms with Crippen LogP contribution >= 0.6 is 0 Å². The van der Waals surface area contributed by atoms with Crippen molar-refractivity contribution in [2.45, 2.75) is 6.42 Å². The molecule has 12 heavy (non-hydrogen) atoms. The number of pyridine rings is 1. The van der Waals surface area contributed by atoms with Crippen LogP contribution in [0.1, 0.15) is 5.56 Å². The highest BCUT2D eigenvalue weighted by atomic mass is 19.1. The first-order valence-electron chi connectivity index (χ1n) is 3.15. The monoisotopic (exact) mass is 171 g/mol. The maximum absolute atomic E-state index is 12.6. The molecule has 0 amide bonds. The molecule has 0 radical (unpaired) electrons. The number of aliphatic carboxylic acids is 1. The second-order valence-electron chi connectivity index (χ2n) is 2.21. The first-order chi connectivity index (χ1) is 5.59. The Morgan fingerprint density at radius 1 is 1.67 bits per heavy atom. The average Bonchev–Trinajstić information content (AvgIpc) is 1.96. The van der Waals surface area contributed by atoms with Crippen molar-refractivity contribution in [1.82, 2.24) is 4.98 Å². The largest absolute Gasteiger partial charge is 0.506 e. The normalized spacial score (nSPS) is 9.75. The molecule has 0 aliphatic heterocycles. The summed E-state index contributed by atoms with van der Waals surface area (Å²) in [5.74, 6) is -2.27. The van der Waals surface area contributed by atoms with Gasteiger partial charge in [-0.05, 0) is 6.07 Å². The molecule has 0 fully saturated rings. The molecule has 1 rings (SSSR count). The minimum absolute atomic E-state index is 0.123. The second kappa shape index (κ2) is 3.17. The van der Waals surface area contributed by atoms with Crippen molar-refractivity contribution in [1.29, 1.82) is 0 Å². The van der Waals surface area contributed by atoms with Gasteiger partial charge in [-0.1, -0.05) is 0 Å². The fourth-order valence-electron chi connectivity index (χ4n) is 0.768. The van der Waals surface area contributed by atoms with Crippen molar-refractivity contribution in [2.75, 3.05) is 0 Å². The molecule has 1 aromatic rings. The SMILES string of the molecule is O=C(O)Cc1cc(O)cnc1F. The number of halogens is 1. The molecule has 0 bridgehead atoms. The summed E-state index contributed by atoms with van der Waals surface area (Å²) in [7, 11) is 0. The molecule has 0 saturated heterocycles. The van der Waals surface area contributed by atoms with Crippen LogP contribution in [-0.4, -0.2) is 21.2 Å². The number of hydrogen-bond donors (Lipinski definition) is 2. The minimum atomic E-state index is -1.17. The van der Waals surface area contributed by atoms with Gasteiger partial charge in [0, 0.05) is 5.56 Å². The average molecular weight is 171 g/mol. The van der Waals surface area contributed by atoms with Crippen molar-refractivity contribution >= 4 is 5.97 Å². The Morgan fingerprint density at radius 3 is 2.92 bits per heavy atom. The summed E-state index contributed by atoms with van der Waals surface area (Å²) < 4.78 is 12.6. The summed E-state index contributed by atoms with van der Waals surface area (Å²) in [6.07, 6.45) is 0.438. The zero-order chi connectivity index (χ0) is 9.14. The highest BCUT2D eigenvalue weighted by Crippen LogP contribution is 2.12. The number of carbonyl (C=O) groups is 1. The van der Waals surface area contributed by atoms with Gasteiger partial charge in [-0.3, -0.25) is 4.79 Å². The van der Waals surface area contributed by atoms with Gasteiger partial charge in [0.05, 0.1) is 12.6 Å². The van der Waals surface area contributed by atoms with Gasteiger partial charge in [0.1, 0.15) is 5.75 Å². The number of carboxylic acids is 1. The number of hydrogen-bond acceptors (Lipinski definition) is 3. The van der Waals surface area contributed by atoms with E-state index in [0.29, 0.717) is 0 Å². The Hall–Kier alpha value is -1.65. The topological polar surface area (TPSA) is 70.4 Å². The van der Waals surface area contributed by atoms with Gasteiger partial charge in [-0.25, -0.2) is 4.98 Å². The predicted molar refractivity (Wildman–Crippen MR) is 37.2 cm³/mol. The van der Waals surface area contributed by atoms with Crippen molar-refractivity contribution in [3.05, 3.63) is 23.8 Å². The Bertz CT molecular complexity index is 314. The highest BCUT2D eigenvalue weighted by molar-refractivity contribution is 5.70. The lowest BCUT2D eigenvalue weighted by Crippen LogP contribution is -2.03. The van der Waals surface area contributed by atoms with Gasteiger partial charge in [-0.2, -0.15) is 4.39 Å². The molecule has 1 heterocycles. The smallest absolute Gasteiger partial charge is 0.307 e. The van der Waals surface area contributed by atoms with E-state index in [-0.39, 0.29) is 11.3 Å². The second-order valence-corrected chi connectivity index (χ2v) is 2.21. The zero-order valence-corrected chi connectivity index (χ0v) is 5.99. The van der Waals surface area contributed by atoms with Crippen LogP contribution in [0.2, 0.25) is 0 Å². The van der Waals surface area contributed by atoms with E-state index in [4.69, 9.17) is 10.2 Å². The third-order valence-electron chi connectivity index (χ3n) is 1.24. The number of rotatable bonds is 2. The molecule has 0 unspecified atom stereocenters. The van der Waals surface area contributed by atoms with Crippen LogP contribution in [0.5, 0.6) is 5.75 Å². The van der Waals surface area contributed by atoms with E-state index in [0.717, 1.165) is 12.3 Å². The molecular weight excluding hydrogens is 165 g/mol. The maximum atomic E-state index is 12.6. The minimum Gasteiger partial charge on any atom is -0.506 e. The molecule has 2 N–H and O–H groups in total. The number of carboxylic acid groups (broad SMARTS) is 1. The Balaban J connectivity index is 2.97. The molecular formula is C7H6FNO3. The van der Waals surface area contributed by atoms with Crippen LogP contribution in [-0.2, 0) is 11.2 Å². The third-order valence-corrected chi connectivity index (χ3v) is 1.24. The van der Waals surface area contributed by atoms with Crippen LogP contribution in [0.3, 0.4) is 0 Å². The van der Waals surface area contributed by atoms with E-state index in [2.05, 4.69) is 4.98 Å². The molecule has 0 aliphatic rings. The van der Waals surface area contributed by atoms with Gasteiger partial charge < -0.3 is 10.2 Å². The summed E-state index contributed by atoms with van der Waals surface area (Å²) in [5.41, 5.74) is -0.123. The fraction of sp³-hybridized carbons (Fsp3) is 0.143. The van der Waals surface area contributed by atoms with E-state index in [1.807, 2.05) is 0 Å². The van der Waals surface area contributed by atoms with Crippen LogP contribution in [0.15, 0.2) is 12.3 Å². The molecule has 0 spiro atoms. The predicted octanol–water partition coefficient (Wildman–Crippen LogP) is 0.553. The first kappa shape index (κ1) is 8.45. The van der Waals surface area contributed by atoms with Crippen LogP contribution < -0.4 is 0 Å². The zero-order valence-electron chi connectivity index (χ0n) is 5.99. The molecule has 0 aliphatic carbocycles. The van der Waals surface area contributed by atoms with Crippen molar-refractivity contribution in [3.63, 3.8) is 0 Å². The van der Waals surface area contributed by atoms with Crippen LogP contribution in [0, 0.1) is 5.95 Å². The van der Waals surface area contributed by atoms with Crippen LogP contribution in [0.25, 0.3) is 0 Å². The van der Waals surface area contributed by atoms with Gasteiger partial charge in [0.2, 0.25) is 5.95 Å². The quantitative estimate of drug-likeness (QED) is 0.637. The summed E-state index contributed by atoms with van der Waals surface area (Å²) in [6, 6.07) is 1.04. The summed E-state index contributed by atoms with van der Waals surface area (Å²) in [5, 5.41) is 17.1. The fourth-order valence-corrected chi connectivity index (χ4v) is 0.768. The highest BCUT2D eigenvalue weighted by Gasteiger charge is 2.08. The Morgan fingerprint density at radius 2 is 2.33 bits per heavy atom. The van der Waals surface area contributed by atoms with E-state index in [1.54, 1.807) is 0 Å². The lowest BCUT2D eigenvalue weighted by molar-refractivity contribution is -0.136. The molecule has 5 heteroatoms.